The van der Waals surface area contributed by atoms with Crippen LogP contribution in [0.4, 0.5) is 0 Å². The summed E-state index contributed by atoms with van der Waals surface area (Å²) in [7, 11) is 0. The van der Waals surface area contributed by atoms with Crippen molar-refractivity contribution in [3.8, 4) is 5.75 Å². The summed E-state index contributed by atoms with van der Waals surface area (Å²) < 4.78 is 5.44. The van der Waals surface area contributed by atoms with E-state index in [1.165, 1.54) is 0 Å². The van der Waals surface area contributed by atoms with Crippen molar-refractivity contribution in [1.29, 1.82) is 0 Å². The molecule has 1 fully saturated rings. The number of ether oxygens (including phenoxy) is 1. The highest BCUT2D eigenvalue weighted by Gasteiger charge is 2.25. The molecule has 98 valence electrons. The number of ketones is 1. The molecule has 0 aromatic heterocycles. The molecule has 0 spiro atoms. The molecule has 2 aromatic rings. The third-order valence-electron chi connectivity index (χ3n) is 3.35. The predicted molar refractivity (Wildman–Crippen MR) is 72.6 cm³/mol. The molecule has 19 heavy (non-hydrogen) atoms. The van der Waals surface area contributed by atoms with Crippen molar-refractivity contribution in [2.75, 3.05) is 19.7 Å². The van der Waals surface area contributed by atoms with Crippen LogP contribution in [0.3, 0.4) is 0 Å². The van der Waals surface area contributed by atoms with Gasteiger partial charge in [0.2, 0.25) is 0 Å². The average molecular weight is 257 g/mol. The number of carbonyl (C=O) groups is 1. The Labute approximate surface area is 111 Å². The van der Waals surface area contributed by atoms with E-state index in [1.807, 2.05) is 24.3 Å². The number of rotatable bonds is 2. The lowest BCUT2D eigenvalue weighted by atomic mass is 10.00. The minimum atomic E-state index is -0.513. The zero-order valence-electron chi connectivity index (χ0n) is 10.4. The lowest BCUT2D eigenvalue weighted by Gasteiger charge is -2.22. The fourth-order valence-corrected chi connectivity index (χ4v) is 2.33. The molecular formula is C15H15NO3. The molecular weight excluding hydrogens is 242 g/mol. The summed E-state index contributed by atoms with van der Waals surface area (Å²) in [6.07, 6.45) is -0.513. The summed E-state index contributed by atoms with van der Waals surface area (Å²) >= 11 is 0. The third-order valence-corrected chi connectivity index (χ3v) is 3.35. The van der Waals surface area contributed by atoms with Gasteiger partial charge in [-0.1, -0.05) is 24.3 Å². The highest BCUT2D eigenvalue weighted by atomic mass is 16.5. The number of benzene rings is 2. The minimum absolute atomic E-state index is 0.0119. The molecule has 1 saturated heterocycles. The van der Waals surface area contributed by atoms with Gasteiger partial charge in [0.05, 0.1) is 12.2 Å². The van der Waals surface area contributed by atoms with E-state index in [9.17, 15) is 9.90 Å². The van der Waals surface area contributed by atoms with Crippen LogP contribution < -0.4 is 5.32 Å². The Morgan fingerprint density at radius 2 is 2.00 bits per heavy atom. The van der Waals surface area contributed by atoms with E-state index in [2.05, 4.69) is 5.32 Å². The van der Waals surface area contributed by atoms with Crippen LogP contribution in [0.15, 0.2) is 36.4 Å². The summed E-state index contributed by atoms with van der Waals surface area (Å²) in [5.74, 6) is -0.159. The number of hydrogen-bond donors (Lipinski definition) is 2. The highest BCUT2D eigenvalue weighted by Crippen LogP contribution is 2.26. The predicted octanol–water partition coefficient (Wildman–Crippen LogP) is 1.72. The Balaban J connectivity index is 1.99. The van der Waals surface area contributed by atoms with Gasteiger partial charge in [0.1, 0.15) is 11.9 Å². The Kier molecular flexibility index (Phi) is 3.19. The van der Waals surface area contributed by atoms with Crippen LogP contribution in [0.2, 0.25) is 0 Å². The second-order valence-electron chi connectivity index (χ2n) is 4.64. The highest BCUT2D eigenvalue weighted by molar-refractivity contribution is 6.05. The Morgan fingerprint density at radius 1 is 1.26 bits per heavy atom. The maximum atomic E-state index is 12.3. The molecule has 2 aromatic carbocycles. The quantitative estimate of drug-likeness (QED) is 0.804. The van der Waals surface area contributed by atoms with Gasteiger partial charge in [0.15, 0.2) is 5.78 Å². The summed E-state index contributed by atoms with van der Waals surface area (Å²) in [5, 5.41) is 15.0. The van der Waals surface area contributed by atoms with Crippen LogP contribution in [-0.4, -0.2) is 36.7 Å². The molecule has 3 rings (SSSR count). The maximum Gasteiger partial charge on any atom is 0.196 e. The number of morpholine rings is 1. The number of hydrogen-bond acceptors (Lipinski definition) is 4. The van der Waals surface area contributed by atoms with Crippen molar-refractivity contribution in [2.45, 2.75) is 6.10 Å². The number of phenolic OH excluding ortho intramolecular Hbond substituents is 1. The molecule has 1 aliphatic rings. The van der Waals surface area contributed by atoms with Crippen molar-refractivity contribution in [3.05, 3.63) is 42.0 Å². The molecule has 0 bridgehead atoms. The Hall–Kier alpha value is -1.91. The molecule has 0 radical (unpaired) electrons. The van der Waals surface area contributed by atoms with Gasteiger partial charge in [0, 0.05) is 13.1 Å². The normalized spacial score (nSPS) is 19.5. The monoisotopic (exact) mass is 257 g/mol. The largest absolute Gasteiger partial charge is 0.507 e. The van der Waals surface area contributed by atoms with E-state index < -0.39 is 6.10 Å². The Morgan fingerprint density at radius 3 is 2.68 bits per heavy atom. The van der Waals surface area contributed by atoms with Gasteiger partial charge in [-0.25, -0.2) is 0 Å². The SMILES string of the molecule is O=C(c1cc2ccccc2cc1O)C1CNCCO1. The van der Waals surface area contributed by atoms with E-state index in [0.29, 0.717) is 18.7 Å². The number of aromatic hydroxyl groups is 1. The first-order valence-corrected chi connectivity index (χ1v) is 6.34. The van der Waals surface area contributed by atoms with Crippen molar-refractivity contribution < 1.29 is 14.6 Å². The van der Waals surface area contributed by atoms with Crippen molar-refractivity contribution >= 4 is 16.6 Å². The number of carbonyl (C=O) groups excluding carboxylic acids is 1. The van der Waals surface area contributed by atoms with Gasteiger partial charge in [-0.15, -0.1) is 0 Å². The minimum Gasteiger partial charge on any atom is -0.507 e. The summed E-state index contributed by atoms with van der Waals surface area (Å²) in [5.41, 5.74) is 0.326. The Bertz CT molecular complexity index is 618. The van der Waals surface area contributed by atoms with E-state index in [4.69, 9.17) is 4.74 Å². The van der Waals surface area contributed by atoms with Crippen molar-refractivity contribution in [3.63, 3.8) is 0 Å². The number of phenols is 1. The van der Waals surface area contributed by atoms with Crippen LogP contribution in [0.1, 0.15) is 10.4 Å². The molecule has 0 aliphatic carbocycles. The smallest absolute Gasteiger partial charge is 0.196 e. The topological polar surface area (TPSA) is 58.6 Å². The first-order valence-electron chi connectivity index (χ1n) is 6.34. The van der Waals surface area contributed by atoms with E-state index in [1.54, 1.807) is 12.1 Å². The van der Waals surface area contributed by atoms with Gasteiger partial charge in [-0.3, -0.25) is 4.79 Å². The molecule has 2 N–H and O–H groups in total. The van der Waals surface area contributed by atoms with E-state index in [0.717, 1.165) is 17.3 Å². The summed E-state index contributed by atoms with van der Waals surface area (Å²) in [6, 6.07) is 11.0. The zero-order chi connectivity index (χ0) is 13.2. The average Bonchev–Trinajstić information content (AvgIpc) is 2.47. The molecule has 1 unspecified atom stereocenters. The van der Waals surface area contributed by atoms with Gasteiger partial charge >= 0.3 is 0 Å². The number of Topliss-reactive ketones (excluding diaryl/α,β-unsaturated/α-hetero) is 1. The molecule has 1 atom stereocenters. The van der Waals surface area contributed by atoms with Crippen molar-refractivity contribution in [1.82, 2.24) is 5.32 Å². The van der Waals surface area contributed by atoms with Gasteiger partial charge in [-0.05, 0) is 22.9 Å². The van der Waals surface area contributed by atoms with Crippen LogP contribution in [0, 0.1) is 0 Å². The lowest BCUT2D eigenvalue weighted by Crippen LogP contribution is -2.43. The molecule has 4 heteroatoms. The second-order valence-corrected chi connectivity index (χ2v) is 4.64. The van der Waals surface area contributed by atoms with Gasteiger partial charge in [-0.2, -0.15) is 0 Å². The fourth-order valence-electron chi connectivity index (χ4n) is 2.33. The molecule has 0 saturated carbocycles. The van der Waals surface area contributed by atoms with E-state index in [-0.39, 0.29) is 11.5 Å². The number of nitrogens with one attached hydrogen (secondary N) is 1. The van der Waals surface area contributed by atoms with Crippen LogP contribution in [0.5, 0.6) is 5.75 Å². The number of fused-ring (bicyclic) bond motifs is 1. The van der Waals surface area contributed by atoms with Crippen LogP contribution >= 0.6 is 0 Å². The lowest BCUT2D eigenvalue weighted by molar-refractivity contribution is 0.0267. The first kappa shape index (κ1) is 12.1. The summed E-state index contributed by atoms with van der Waals surface area (Å²) in [4.78, 5) is 12.3. The van der Waals surface area contributed by atoms with Gasteiger partial charge < -0.3 is 15.2 Å². The molecule has 1 aliphatic heterocycles. The van der Waals surface area contributed by atoms with Gasteiger partial charge in [0.25, 0.3) is 0 Å². The van der Waals surface area contributed by atoms with Crippen LogP contribution in [0.25, 0.3) is 10.8 Å². The standard InChI is InChI=1S/C15H15NO3/c17-13-8-11-4-2-1-3-10(11)7-12(13)15(18)14-9-16-5-6-19-14/h1-4,7-8,14,16-17H,5-6,9H2. The molecule has 4 nitrogen and oxygen atoms in total. The van der Waals surface area contributed by atoms with Crippen LogP contribution in [-0.2, 0) is 4.74 Å². The molecule has 0 amide bonds. The maximum absolute atomic E-state index is 12.3. The summed E-state index contributed by atoms with van der Waals surface area (Å²) in [6.45, 7) is 1.77. The fraction of sp³-hybridized carbons (Fsp3) is 0.267. The first-order chi connectivity index (χ1) is 9.25. The third kappa shape index (κ3) is 2.32. The second kappa shape index (κ2) is 4.99. The molecule has 1 heterocycles. The van der Waals surface area contributed by atoms with E-state index >= 15 is 0 Å². The zero-order valence-corrected chi connectivity index (χ0v) is 10.4. The van der Waals surface area contributed by atoms with Crippen molar-refractivity contribution in [2.24, 2.45) is 0 Å².